The molecule has 1 saturated heterocycles. The third-order valence-corrected chi connectivity index (χ3v) is 7.78. The van der Waals surface area contributed by atoms with Crippen LogP contribution in [0.5, 0.6) is 0 Å². The van der Waals surface area contributed by atoms with Gasteiger partial charge in [-0.1, -0.05) is 37.3 Å². The first-order chi connectivity index (χ1) is 6.63. The van der Waals surface area contributed by atoms with Crippen LogP contribution in [-0.4, -0.2) is 17.5 Å². The highest BCUT2D eigenvalue weighted by atomic mass is 31.2. The number of rotatable bonds is 1. The zero-order valence-corrected chi connectivity index (χ0v) is 10.4. The molecule has 1 heterocycles. The highest BCUT2D eigenvalue weighted by molar-refractivity contribution is 7.73. The van der Waals surface area contributed by atoms with Gasteiger partial charge < -0.3 is 4.57 Å². The van der Waals surface area contributed by atoms with Crippen molar-refractivity contribution in [3.05, 3.63) is 30.3 Å². The van der Waals surface area contributed by atoms with E-state index in [1.807, 2.05) is 30.3 Å². The smallest absolute Gasteiger partial charge is 0.118 e. The van der Waals surface area contributed by atoms with Crippen LogP contribution in [0.1, 0.15) is 13.3 Å². The van der Waals surface area contributed by atoms with Crippen LogP contribution in [0.2, 0.25) is 0 Å². The molecule has 0 aliphatic carbocycles. The zero-order chi connectivity index (χ0) is 10.2. The lowest BCUT2D eigenvalue weighted by atomic mass is 10.3. The average Bonchev–Trinajstić information content (AvgIpc) is 2.43. The molecule has 0 saturated carbocycles. The van der Waals surface area contributed by atoms with E-state index in [9.17, 15) is 4.57 Å². The van der Waals surface area contributed by atoms with Crippen molar-refractivity contribution in [3.8, 4) is 0 Å². The molecule has 1 fully saturated rings. The first-order valence-corrected chi connectivity index (χ1v) is 7.65. The minimum atomic E-state index is -2.09. The summed E-state index contributed by atoms with van der Waals surface area (Å²) in [7, 11) is 0.727. The van der Waals surface area contributed by atoms with Gasteiger partial charge in [-0.05, 0) is 12.1 Å². The molecule has 0 spiro atoms. The first kappa shape index (κ1) is 10.4. The summed E-state index contributed by atoms with van der Waals surface area (Å²) in [5.74, 6) is 0. The van der Waals surface area contributed by atoms with Crippen molar-refractivity contribution in [3.63, 3.8) is 0 Å². The van der Waals surface area contributed by atoms with Crippen molar-refractivity contribution in [2.45, 2.75) is 24.7 Å². The van der Waals surface area contributed by atoms with E-state index in [0.717, 1.165) is 17.9 Å². The summed E-state index contributed by atoms with van der Waals surface area (Å²) in [6, 6.07) is 9.98. The molecular weight excluding hydrogens is 210 g/mol. The molecule has 0 radical (unpaired) electrons. The molecule has 76 valence electrons. The fraction of sp³-hybridized carbons (Fsp3) is 0.455. The maximum absolute atomic E-state index is 12.7. The van der Waals surface area contributed by atoms with E-state index in [0.29, 0.717) is 11.3 Å². The van der Waals surface area contributed by atoms with Crippen molar-refractivity contribution in [1.82, 2.24) is 0 Å². The van der Waals surface area contributed by atoms with Crippen molar-refractivity contribution in [1.29, 1.82) is 0 Å². The van der Waals surface area contributed by atoms with Gasteiger partial charge in [-0.3, -0.25) is 0 Å². The Labute approximate surface area is 87.9 Å². The summed E-state index contributed by atoms with van der Waals surface area (Å²) in [4.78, 5) is 0. The van der Waals surface area contributed by atoms with Gasteiger partial charge in [0.25, 0.3) is 0 Å². The molecule has 0 bridgehead atoms. The maximum Gasteiger partial charge on any atom is 0.118 e. The monoisotopic (exact) mass is 226 g/mol. The van der Waals surface area contributed by atoms with Gasteiger partial charge >= 0.3 is 0 Å². The van der Waals surface area contributed by atoms with Gasteiger partial charge in [0.2, 0.25) is 0 Å². The lowest BCUT2D eigenvalue weighted by Crippen LogP contribution is -2.10. The zero-order valence-electron chi connectivity index (χ0n) is 8.39. The van der Waals surface area contributed by atoms with Gasteiger partial charge in [0, 0.05) is 17.1 Å². The fourth-order valence-corrected chi connectivity index (χ4v) is 7.04. The Bertz CT molecular complexity index is 361. The summed E-state index contributed by atoms with van der Waals surface area (Å²) in [6.07, 6.45) is 1.94. The normalized spacial score (nSPS) is 37.3. The average molecular weight is 226 g/mol. The summed E-state index contributed by atoms with van der Waals surface area (Å²) in [5.41, 5.74) is 0.892. The van der Waals surface area contributed by atoms with Crippen LogP contribution in [0.15, 0.2) is 30.3 Å². The van der Waals surface area contributed by atoms with Gasteiger partial charge in [0.1, 0.15) is 7.14 Å². The van der Waals surface area contributed by atoms with Crippen LogP contribution in [0.25, 0.3) is 0 Å². The Hall–Kier alpha value is -0.120. The van der Waals surface area contributed by atoms with E-state index in [4.69, 9.17) is 0 Å². The Balaban J connectivity index is 2.39. The lowest BCUT2D eigenvalue weighted by molar-refractivity contribution is 0.579. The second-order valence-electron chi connectivity index (χ2n) is 4.16. The maximum atomic E-state index is 12.7. The third-order valence-electron chi connectivity index (χ3n) is 3.05. The molecule has 0 amide bonds. The predicted molar refractivity (Wildman–Crippen MR) is 66.1 cm³/mol. The van der Waals surface area contributed by atoms with Gasteiger partial charge in [-0.2, -0.15) is 0 Å². The quantitative estimate of drug-likeness (QED) is 0.673. The van der Waals surface area contributed by atoms with E-state index in [1.54, 1.807) is 0 Å². The number of benzene rings is 1. The van der Waals surface area contributed by atoms with Crippen molar-refractivity contribution >= 4 is 21.7 Å². The van der Waals surface area contributed by atoms with E-state index >= 15 is 0 Å². The highest BCUT2D eigenvalue weighted by Gasteiger charge is 2.39. The van der Waals surface area contributed by atoms with E-state index < -0.39 is 7.14 Å². The van der Waals surface area contributed by atoms with Crippen LogP contribution in [0.3, 0.4) is 0 Å². The van der Waals surface area contributed by atoms with Gasteiger partial charge in [0.05, 0.1) is 0 Å². The Morgan fingerprint density at radius 2 is 2.00 bits per heavy atom. The predicted octanol–water partition coefficient (Wildman–Crippen LogP) is 2.71. The van der Waals surface area contributed by atoms with Crippen molar-refractivity contribution < 1.29 is 4.57 Å². The molecule has 0 aromatic heterocycles. The molecule has 1 aromatic rings. The standard InChI is InChI=1S/C11H16OP2/c1-9-7-10(13)8-14(9,12)11-5-3-2-4-6-11/h2-6,9-10H,7-8,13H2,1H3. The van der Waals surface area contributed by atoms with E-state index in [1.165, 1.54) is 0 Å². The van der Waals surface area contributed by atoms with Crippen LogP contribution in [0.4, 0.5) is 0 Å². The van der Waals surface area contributed by atoms with Crippen molar-refractivity contribution in [2.75, 3.05) is 6.16 Å². The molecule has 1 aromatic carbocycles. The Morgan fingerprint density at radius 3 is 2.50 bits per heavy atom. The van der Waals surface area contributed by atoms with Crippen molar-refractivity contribution in [2.24, 2.45) is 0 Å². The first-order valence-electron chi connectivity index (χ1n) is 5.03. The van der Waals surface area contributed by atoms with Gasteiger partial charge in [-0.15, -0.1) is 9.24 Å². The fourth-order valence-electron chi connectivity index (χ4n) is 2.25. The molecule has 14 heavy (non-hydrogen) atoms. The van der Waals surface area contributed by atoms with Crippen LogP contribution < -0.4 is 5.30 Å². The molecule has 2 rings (SSSR count). The topological polar surface area (TPSA) is 17.1 Å². The highest BCUT2D eigenvalue weighted by Crippen LogP contribution is 2.58. The molecular formula is C11H16OP2. The molecule has 1 nitrogen and oxygen atoms in total. The van der Waals surface area contributed by atoms with E-state index in [2.05, 4.69) is 16.2 Å². The molecule has 3 heteroatoms. The summed E-state index contributed by atoms with van der Waals surface area (Å²) in [5, 5.41) is 1.07. The number of hydrogen-bond acceptors (Lipinski definition) is 1. The van der Waals surface area contributed by atoms with Crippen LogP contribution in [-0.2, 0) is 4.57 Å². The summed E-state index contributed by atoms with van der Waals surface area (Å²) in [6.45, 7) is 2.12. The minimum Gasteiger partial charge on any atom is -0.318 e. The molecule has 1 aliphatic heterocycles. The lowest BCUT2D eigenvalue weighted by Gasteiger charge is -2.16. The largest absolute Gasteiger partial charge is 0.318 e. The third kappa shape index (κ3) is 1.69. The molecule has 1 aliphatic rings. The Morgan fingerprint density at radius 1 is 1.36 bits per heavy atom. The summed E-state index contributed by atoms with van der Waals surface area (Å²) >= 11 is 0. The molecule has 0 N–H and O–H groups in total. The molecule has 4 atom stereocenters. The van der Waals surface area contributed by atoms with E-state index in [-0.39, 0.29) is 0 Å². The second-order valence-corrected chi connectivity index (χ2v) is 8.46. The second kappa shape index (κ2) is 3.80. The molecule has 4 unspecified atom stereocenters. The van der Waals surface area contributed by atoms with Gasteiger partial charge in [0.15, 0.2) is 0 Å². The summed E-state index contributed by atoms with van der Waals surface area (Å²) < 4.78 is 12.7. The number of hydrogen-bond donors (Lipinski definition) is 0. The Kier molecular flexibility index (Phi) is 2.82. The van der Waals surface area contributed by atoms with Crippen LogP contribution in [0, 0.1) is 0 Å². The minimum absolute atomic E-state index is 0.354. The van der Waals surface area contributed by atoms with Crippen LogP contribution >= 0.6 is 16.4 Å². The SMILES string of the molecule is CC1CC(P)CP1(=O)c1ccccc1. The van der Waals surface area contributed by atoms with Gasteiger partial charge in [-0.25, -0.2) is 0 Å².